The first-order valence-corrected chi connectivity index (χ1v) is 3.86. The van der Waals surface area contributed by atoms with Crippen LogP contribution in [0.3, 0.4) is 0 Å². The fraction of sp³-hybridized carbons (Fsp3) is 1.00. The zero-order chi connectivity index (χ0) is 7.56. The van der Waals surface area contributed by atoms with Gasteiger partial charge in [0.1, 0.15) is 0 Å². The van der Waals surface area contributed by atoms with Gasteiger partial charge in [-0.15, -0.1) is 0 Å². The van der Waals surface area contributed by atoms with E-state index in [2.05, 4.69) is 13.8 Å². The molecule has 1 aliphatic rings. The topological polar surface area (TPSA) is 18.5 Å². The zero-order valence-corrected chi connectivity index (χ0v) is 6.96. The molecule has 0 radical (unpaired) electrons. The molecule has 0 N–H and O–H groups in total. The van der Waals surface area contributed by atoms with Gasteiger partial charge in [-0.3, -0.25) is 0 Å². The summed E-state index contributed by atoms with van der Waals surface area (Å²) in [4.78, 5) is 0. The van der Waals surface area contributed by atoms with Crippen LogP contribution in [0, 0.1) is 11.8 Å². The second kappa shape index (κ2) is 3.35. The molecule has 2 heteroatoms. The van der Waals surface area contributed by atoms with Gasteiger partial charge >= 0.3 is 0 Å². The van der Waals surface area contributed by atoms with Gasteiger partial charge in [0, 0.05) is 18.9 Å². The minimum atomic E-state index is 0.397. The van der Waals surface area contributed by atoms with E-state index in [1.165, 1.54) is 0 Å². The lowest BCUT2D eigenvalue weighted by atomic mass is 9.92. The van der Waals surface area contributed by atoms with E-state index in [-0.39, 0.29) is 0 Å². The van der Waals surface area contributed by atoms with Gasteiger partial charge in [0.15, 0.2) is 0 Å². The molecule has 0 saturated carbocycles. The highest BCUT2D eigenvalue weighted by Crippen LogP contribution is 2.21. The molecule has 1 heterocycles. The SMILES string of the molecule is COC1C(C)COCC1C. The predicted molar refractivity (Wildman–Crippen MR) is 39.9 cm³/mol. The normalized spacial score (nSPS) is 41.7. The Morgan fingerprint density at radius 2 is 1.70 bits per heavy atom. The molecule has 0 aromatic carbocycles. The summed E-state index contributed by atoms with van der Waals surface area (Å²) in [6.45, 7) is 6.04. The fourth-order valence-corrected chi connectivity index (χ4v) is 1.65. The van der Waals surface area contributed by atoms with Crippen LogP contribution in [0.5, 0.6) is 0 Å². The second-order valence-electron chi connectivity index (χ2n) is 3.19. The highest BCUT2D eigenvalue weighted by Gasteiger charge is 2.27. The maximum absolute atomic E-state index is 5.35. The monoisotopic (exact) mass is 144 g/mol. The molecule has 0 amide bonds. The Hall–Kier alpha value is -0.0800. The third kappa shape index (κ3) is 1.50. The van der Waals surface area contributed by atoms with E-state index in [9.17, 15) is 0 Å². The molecule has 2 unspecified atom stereocenters. The molecule has 0 aromatic heterocycles. The van der Waals surface area contributed by atoms with Crippen molar-refractivity contribution in [1.82, 2.24) is 0 Å². The van der Waals surface area contributed by atoms with Crippen molar-refractivity contribution in [2.24, 2.45) is 11.8 Å². The molecular weight excluding hydrogens is 128 g/mol. The van der Waals surface area contributed by atoms with E-state index in [0.717, 1.165) is 13.2 Å². The summed E-state index contributed by atoms with van der Waals surface area (Å²) in [5.41, 5.74) is 0. The molecule has 1 fully saturated rings. The first-order chi connectivity index (χ1) is 4.75. The number of hydrogen-bond donors (Lipinski definition) is 0. The largest absolute Gasteiger partial charge is 0.381 e. The average molecular weight is 144 g/mol. The molecule has 10 heavy (non-hydrogen) atoms. The van der Waals surface area contributed by atoms with Gasteiger partial charge in [-0.2, -0.15) is 0 Å². The van der Waals surface area contributed by atoms with Crippen LogP contribution in [-0.4, -0.2) is 26.4 Å². The van der Waals surface area contributed by atoms with E-state index < -0.39 is 0 Å². The first kappa shape index (κ1) is 8.02. The Labute approximate surface area is 62.5 Å². The Bertz CT molecular complexity index is 93.4. The fourth-order valence-electron chi connectivity index (χ4n) is 1.65. The third-order valence-electron chi connectivity index (χ3n) is 2.16. The number of methoxy groups -OCH3 is 1. The van der Waals surface area contributed by atoms with Gasteiger partial charge in [-0.05, 0) is 0 Å². The van der Waals surface area contributed by atoms with Gasteiger partial charge in [0.05, 0.1) is 19.3 Å². The molecule has 0 aromatic rings. The molecule has 1 saturated heterocycles. The highest BCUT2D eigenvalue weighted by molar-refractivity contribution is 4.75. The Morgan fingerprint density at radius 1 is 1.20 bits per heavy atom. The Morgan fingerprint density at radius 3 is 2.00 bits per heavy atom. The first-order valence-electron chi connectivity index (χ1n) is 3.86. The molecule has 0 spiro atoms. The summed E-state index contributed by atoms with van der Waals surface area (Å²) in [6.07, 6.45) is 0.397. The minimum absolute atomic E-state index is 0.397. The van der Waals surface area contributed by atoms with E-state index >= 15 is 0 Å². The molecule has 60 valence electrons. The lowest BCUT2D eigenvalue weighted by Crippen LogP contribution is -2.38. The van der Waals surface area contributed by atoms with Crippen molar-refractivity contribution in [3.63, 3.8) is 0 Å². The lowest BCUT2D eigenvalue weighted by Gasteiger charge is -2.33. The number of rotatable bonds is 1. The quantitative estimate of drug-likeness (QED) is 0.552. The molecule has 1 aliphatic heterocycles. The maximum Gasteiger partial charge on any atom is 0.0666 e. The molecule has 2 nitrogen and oxygen atoms in total. The van der Waals surface area contributed by atoms with Gasteiger partial charge < -0.3 is 9.47 Å². The summed E-state index contributed by atoms with van der Waals surface area (Å²) < 4.78 is 10.7. The highest BCUT2D eigenvalue weighted by atomic mass is 16.5. The maximum atomic E-state index is 5.35. The van der Waals surface area contributed by atoms with Crippen molar-refractivity contribution in [2.75, 3.05) is 20.3 Å². The van der Waals surface area contributed by atoms with Gasteiger partial charge in [0.25, 0.3) is 0 Å². The molecule has 0 bridgehead atoms. The van der Waals surface area contributed by atoms with Crippen LogP contribution in [0.4, 0.5) is 0 Å². The standard InChI is InChI=1S/C8H16O2/c1-6-4-10-5-7(2)8(6)9-3/h6-8H,4-5H2,1-3H3. The lowest BCUT2D eigenvalue weighted by molar-refractivity contribution is -0.0859. The molecule has 1 rings (SSSR count). The smallest absolute Gasteiger partial charge is 0.0666 e. The van der Waals surface area contributed by atoms with Crippen molar-refractivity contribution in [3.05, 3.63) is 0 Å². The van der Waals surface area contributed by atoms with E-state index in [1.54, 1.807) is 7.11 Å². The summed E-state index contributed by atoms with van der Waals surface area (Å²) in [6, 6.07) is 0. The van der Waals surface area contributed by atoms with Gasteiger partial charge in [-0.25, -0.2) is 0 Å². The van der Waals surface area contributed by atoms with Gasteiger partial charge in [0.2, 0.25) is 0 Å². The van der Waals surface area contributed by atoms with Crippen LogP contribution in [0.2, 0.25) is 0 Å². The van der Waals surface area contributed by atoms with Crippen molar-refractivity contribution in [2.45, 2.75) is 20.0 Å². The summed E-state index contributed by atoms with van der Waals surface area (Å²) in [5, 5.41) is 0. The van der Waals surface area contributed by atoms with Crippen molar-refractivity contribution >= 4 is 0 Å². The third-order valence-corrected chi connectivity index (χ3v) is 2.16. The zero-order valence-electron chi connectivity index (χ0n) is 6.96. The molecule has 2 atom stereocenters. The Kier molecular flexibility index (Phi) is 2.69. The summed E-state index contributed by atoms with van der Waals surface area (Å²) in [7, 11) is 1.78. The summed E-state index contributed by atoms with van der Waals surface area (Å²) in [5.74, 6) is 1.10. The summed E-state index contributed by atoms with van der Waals surface area (Å²) >= 11 is 0. The van der Waals surface area contributed by atoms with Crippen LogP contribution in [0.1, 0.15) is 13.8 Å². The van der Waals surface area contributed by atoms with Gasteiger partial charge in [-0.1, -0.05) is 13.8 Å². The molecule has 0 aliphatic carbocycles. The van der Waals surface area contributed by atoms with Crippen molar-refractivity contribution in [3.8, 4) is 0 Å². The van der Waals surface area contributed by atoms with Crippen molar-refractivity contribution in [1.29, 1.82) is 0 Å². The van der Waals surface area contributed by atoms with Crippen LogP contribution < -0.4 is 0 Å². The molecular formula is C8H16O2. The van der Waals surface area contributed by atoms with Crippen LogP contribution >= 0.6 is 0 Å². The van der Waals surface area contributed by atoms with Crippen LogP contribution in [0.15, 0.2) is 0 Å². The van der Waals surface area contributed by atoms with E-state index in [4.69, 9.17) is 9.47 Å². The predicted octanol–water partition coefficient (Wildman–Crippen LogP) is 1.30. The van der Waals surface area contributed by atoms with Crippen LogP contribution in [0.25, 0.3) is 0 Å². The minimum Gasteiger partial charge on any atom is -0.381 e. The second-order valence-corrected chi connectivity index (χ2v) is 3.19. The Balaban J connectivity index is 2.45. The average Bonchev–Trinajstić information content (AvgIpc) is 1.88. The van der Waals surface area contributed by atoms with E-state index in [0.29, 0.717) is 17.9 Å². The number of ether oxygens (including phenoxy) is 2. The number of hydrogen-bond acceptors (Lipinski definition) is 2. The van der Waals surface area contributed by atoms with E-state index in [1.807, 2.05) is 0 Å². The van der Waals surface area contributed by atoms with Crippen molar-refractivity contribution < 1.29 is 9.47 Å². The van der Waals surface area contributed by atoms with Crippen LogP contribution in [-0.2, 0) is 9.47 Å².